The Morgan fingerprint density at radius 3 is 2.60 bits per heavy atom. The molecule has 0 aliphatic rings. The molecule has 80 valence electrons. The highest BCUT2D eigenvalue weighted by Gasteiger charge is 2.15. The van der Waals surface area contributed by atoms with Crippen molar-refractivity contribution in [2.45, 2.75) is 19.9 Å². The van der Waals surface area contributed by atoms with Gasteiger partial charge in [0.1, 0.15) is 10.7 Å². The molecule has 0 unspecified atom stereocenters. The molecule has 0 saturated heterocycles. The molecular weight excluding hydrogens is 237 g/mol. The number of aromatic hydroxyl groups is 1. The molecule has 2 heterocycles. The summed E-state index contributed by atoms with van der Waals surface area (Å²) in [6, 6.07) is 0.119. The van der Waals surface area contributed by atoms with Gasteiger partial charge in [-0.05, 0) is 25.4 Å². The summed E-state index contributed by atoms with van der Waals surface area (Å²) in [5, 5.41) is 10.7. The van der Waals surface area contributed by atoms with Crippen LogP contribution in [0.2, 0.25) is 10.4 Å². The van der Waals surface area contributed by atoms with Crippen molar-refractivity contribution in [2.24, 2.45) is 0 Å². The van der Waals surface area contributed by atoms with Gasteiger partial charge >= 0.3 is 0 Å². The summed E-state index contributed by atoms with van der Waals surface area (Å²) >= 11 is 11.6. The van der Waals surface area contributed by atoms with Crippen LogP contribution in [-0.2, 0) is 0 Å². The third kappa shape index (κ3) is 1.64. The average Bonchev–Trinajstić information content (AvgIpc) is 2.44. The fourth-order valence-electron chi connectivity index (χ4n) is 1.42. The van der Waals surface area contributed by atoms with Gasteiger partial charge < -0.3 is 9.67 Å². The molecule has 0 spiro atoms. The number of rotatable bonds is 1. The van der Waals surface area contributed by atoms with Gasteiger partial charge in [-0.15, -0.1) is 0 Å². The van der Waals surface area contributed by atoms with Crippen LogP contribution in [-0.4, -0.2) is 19.6 Å². The molecule has 0 aromatic carbocycles. The second-order valence-corrected chi connectivity index (χ2v) is 4.20. The van der Waals surface area contributed by atoms with Crippen LogP contribution < -0.4 is 0 Å². The Morgan fingerprint density at radius 1 is 1.33 bits per heavy atom. The maximum absolute atomic E-state index is 9.86. The first-order chi connectivity index (χ1) is 7.00. The van der Waals surface area contributed by atoms with Crippen molar-refractivity contribution in [1.29, 1.82) is 0 Å². The van der Waals surface area contributed by atoms with Crippen LogP contribution in [0.3, 0.4) is 0 Å². The van der Waals surface area contributed by atoms with Crippen molar-refractivity contribution in [2.75, 3.05) is 0 Å². The zero-order valence-electron chi connectivity index (χ0n) is 8.20. The lowest BCUT2D eigenvalue weighted by molar-refractivity contribution is 0.404. The van der Waals surface area contributed by atoms with E-state index in [1.54, 1.807) is 10.8 Å². The highest BCUT2D eigenvalue weighted by Crippen LogP contribution is 2.32. The Balaban J connectivity index is 2.82. The number of halogens is 2. The van der Waals surface area contributed by atoms with Gasteiger partial charge in [0.25, 0.3) is 0 Å². The van der Waals surface area contributed by atoms with Gasteiger partial charge in [0, 0.05) is 12.2 Å². The molecule has 0 bridgehead atoms. The number of aromatic nitrogens is 3. The number of hydrogen-bond acceptors (Lipinski definition) is 3. The fraction of sp³-hybridized carbons (Fsp3) is 0.333. The minimum atomic E-state index is 0.0318. The van der Waals surface area contributed by atoms with Crippen LogP contribution >= 0.6 is 23.2 Å². The molecular formula is C9H9Cl2N3O. The van der Waals surface area contributed by atoms with E-state index in [2.05, 4.69) is 9.97 Å². The molecule has 6 heteroatoms. The van der Waals surface area contributed by atoms with Gasteiger partial charge in [-0.2, -0.15) is 0 Å². The number of nitrogens with zero attached hydrogens (tertiary/aromatic N) is 3. The van der Waals surface area contributed by atoms with E-state index in [9.17, 15) is 5.11 Å². The molecule has 0 fully saturated rings. The Kier molecular flexibility index (Phi) is 2.48. The first-order valence-corrected chi connectivity index (χ1v) is 5.19. The van der Waals surface area contributed by atoms with E-state index in [-0.39, 0.29) is 22.4 Å². The number of hydrogen-bond donors (Lipinski definition) is 1. The molecule has 0 aliphatic heterocycles. The van der Waals surface area contributed by atoms with Crippen molar-refractivity contribution in [3.05, 3.63) is 16.6 Å². The quantitative estimate of drug-likeness (QED) is 0.621. The third-order valence-electron chi connectivity index (χ3n) is 2.15. The molecule has 2 rings (SSSR count). The third-order valence-corrected chi connectivity index (χ3v) is 2.61. The molecule has 0 atom stereocenters. The molecule has 2 aromatic heterocycles. The highest BCUT2D eigenvalue weighted by molar-refractivity contribution is 6.35. The zero-order chi connectivity index (χ0) is 11.2. The van der Waals surface area contributed by atoms with Crippen molar-refractivity contribution < 1.29 is 5.11 Å². The Bertz CT molecular complexity index is 522. The topological polar surface area (TPSA) is 50.9 Å². The fourth-order valence-corrected chi connectivity index (χ4v) is 1.85. The molecule has 0 radical (unpaired) electrons. The molecule has 0 aliphatic carbocycles. The SMILES string of the molecule is CC(C)n1cc2c(Cl)nc(Cl)nc2c1O. The lowest BCUT2D eigenvalue weighted by atomic mass is 10.4. The molecule has 0 saturated carbocycles. The first-order valence-electron chi connectivity index (χ1n) is 4.43. The zero-order valence-corrected chi connectivity index (χ0v) is 9.71. The average molecular weight is 246 g/mol. The predicted octanol–water partition coefficient (Wildman–Crippen LogP) is 3.02. The molecule has 4 nitrogen and oxygen atoms in total. The summed E-state index contributed by atoms with van der Waals surface area (Å²) in [5.41, 5.74) is 0.383. The largest absolute Gasteiger partial charge is 0.493 e. The van der Waals surface area contributed by atoms with E-state index in [1.165, 1.54) is 0 Å². The predicted molar refractivity (Wildman–Crippen MR) is 59.6 cm³/mol. The van der Waals surface area contributed by atoms with Crippen molar-refractivity contribution in [1.82, 2.24) is 14.5 Å². The maximum Gasteiger partial charge on any atom is 0.224 e. The molecule has 2 aromatic rings. The Hall–Kier alpha value is -1.00. The molecule has 0 amide bonds. The van der Waals surface area contributed by atoms with Crippen LogP contribution in [0.1, 0.15) is 19.9 Å². The van der Waals surface area contributed by atoms with E-state index in [4.69, 9.17) is 23.2 Å². The summed E-state index contributed by atoms with van der Waals surface area (Å²) in [7, 11) is 0. The summed E-state index contributed by atoms with van der Waals surface area (Å²) < 4.78 is 1.67. The van der Waals surface area contributed by atoms with Crippen molar-refractivity contribution in [3.63, 3.8) is 0 Å². The van der Waals surface area contributed by atoms with E-state index >= 15 is 0 Å². The van der Waals surface area contributed by atoms with E-state index in [0.717, 1.165) is 0 Å². The normalized spacial score (nSPS) is 11.5. The minimum absolute atomic E-state index is 0.0318. The van der Waals surface area contributed by atoms with Crippen LogP contribution in [0, 0.1) is 0 Å². The van der Waals surface area contributed by atoms with E-state index in [1.807, 2.05) is 13.8 Å². The summed E-state index contributed by atoms with van der Waals surface area (Å²) in [6.07, 6.45) is 1.72. The van der Waals surface area contributed by atoms with Gasteiger partial charge in [-0.1, -0.05) is 11.6 Å². The van der Waals surface area contributed by atoms with Crippen LogP contribution in [0.15, 0.2) is 6.20 Å². The number of fused-ring (bicyclic) bond motifs is 1. The highest BCUT2D eigenvalue weighted by atomic mass is 35.5. The van der Waals surface area contributed by atoms with Crippen molar-refractivity contribution >= 4 is 34.1 Å². The summed E-state index contributed by atoms with van der Waals surface area (Å²) in [6.45, 7) is 3.89. The smallest absolute Gasteiger partial charge is 0.224 e. The lowest BCUT2D eigenvalue weighted by Crippen LogP contribution is -1.96. The second kappa shape index (κ2) is 3.54. The second-order valence-electron chi connectivity index (χ2n) is 3.50. The maximum atomic E-state index is 9.86. The Morgan fingerprint density at radius 2 is 2.00 bits per heavy atom. The molecule has 1 N–H and O–H groups in total. The lowest BCUT2D eigenvalue weighted by Gasteiger charge is -2.07. The van der Waals surface area contributed by atoms with E-state index < -0.39 is 0 Å². The van der Waals surface area contributed by atoms with Crippen LogP contribution in [0.25, 0.3) is 10.9 Å². The van der Waals surface area contributed by atoms with Crippen LogP contribution in [0.5, 0.6) is 5.88 Å². The van der Waals surface area contributed by atoms with Gasteiger partial charge in [0.05, 0.1) is 5.39 Å². The summed E-state index contributed by atoms with van der Waals surface area (Å²) in [5.74, 6) is 0.0613. The summed E-state index contributed by atoms with van der Waals surface area (Å²) in [4.78, 5) is 7.75. The minimum Gasteiger partial charge on any atom is -0.493 e. The monoisotopic (exact) mass is 245 g/mol. The van der Waals surface area contributed by atoms with Crippen molar-refractivity contribution in [3.8, 4) is 5.88 Å². The van der Waals surface area contributed by atoms with Gasteiger partial charge in [0.2, 0.25) is 11.2 Å². The molecule has 15 heavy (non-hydrogen) atoms. The first kappa shape index (κ1) is 10.5. The van der Waals surface area contributed by atoms with E-state index in [0.29, 0.717) is 10.9 Å². The Labute approximate surface area is 96.5 Å². The van der Waals surface area contributed by atoms with Gasteiger partial charge in [0.15, 0.2) is 0 Å². The van der Waals surface area contributed by atoms with Gasteiger partial charge in [-0.3, -0.25) is 0 Å². The van der Waals surface area contributed by atoms with Gasteiger partial charge in [-0.25, -0.2) is 9.97 Å². The standard InChI is InChI=1S/C9H9Cl2N3O/c1-4(2)14-3-5-6(8(14)15)12-9(11)13-7(5)10/h3-4,15H,1-2H3. The van der Waals surface area contributed by atoms with Crippen LogP contribution in [0.4, 0.5) is 0 Å².